The molecule has 2 unspecified atom stereocenters. The van der Waals surface area contributed by atoms with E-state index in [-0.39, 0.29) is 0 Å². The third kappa shape index (κ3) is 1.87. The molecule has 0 bridgehead atoms. The van der Waals surface area contributed by atoms with Gasteiger partial charge in [0.2, 0.25) is 0 Å². The summed E-state index contributed by atoms with van der Waals surface area (Å²) in [5, 5.41) is 4.48. The number of rotatable bonds is 2. The number of hydrogen-bond acceptors (Lipinski definition) is 3. The van der Waals surface area contributed by atoms with E-state index >= 15 is 0 Å². The maximum absolute atomic E-state index is 5.96. The molecular weight excluding hydrogens is 200 g/mol. The first-order chi connectivity index (χ1) is 7.50. The second-order valence-electron chi connectivity index (χ2n) is 4.93. The molecule has 0 amide bonds. The van der Waals surface area contributed by atoms with Gasteiger partial charge in [-0.3, -0.25) is 9.58 Å². The van der Waals surface area contributed by atoms with Crippen LogP contribution in [0.1, 0.15) is 36.3 Å². The SMILES string of the molecule is Cc1nn(C)c(C)c1C(C)N1CCC(N)C1. The summed E-state index contributed by atoms with van der Waals surface area (Å²) in [4.78, 5) is 2.46. The van der Waals surface area contributed by atoms with E-state index in [2.05, 4.69) is 30.8 Å². The molecule has 1 aromatic heterocycles. The highest BCUT2D eigenvalue weighted by molar-refractivity contribution is 5.28. The van der Waals surface area contributed by atoms with E-state index in [1.54, 1.807) is 0 Å². The van der Waals surface area contributed by atoms with Crippen LogP contribution in [0.5, 0.6) is 0 Å². The van der Waals surface area contributed by atoms with Gasteiger partial charge < -0.3 is 5.73 Å². The van der Waals surface area contributed by atoms with E-state index in [0.717, 1.165) is 25.2 Å². The van der Waals surface area contributed by atoms with Crippen LogP contribution in [-0.4, -0.2) is 33.8 Å². The minimum absolute atomic E-state index is 0.347. The Morgan fingerprint density at radius 1 is 1.44 bits per heavy atom. The van der Waals surface area contributed by atoms with Crippen LogP contribution in [0.15, 0.2) is 0 Å². The molecule has 4 nitrogen and oxygen atoms in total. The van der Waals surface area contributed by atoms with Crippen molar-refractivity contribution >= 4 is 0 Å². The van der Waals surface area contributed by atoms with Crippen molar-refractivity contribution in [3.8, 4) is 0 Å². The molecule has 1 aromatic rings. The lowest BCUT2D eigenvalue weighted by atomic mass is 10.1. The van der Waals surface area contributed by atoms with Gasteiger partial charge in [0, 0.05) is 43.5 Å². The van der Waals surface area contributed by atoms with Gasteiger partial charge in [0.15, 0.2) is 0 Å². The summed E-state index contributed by atoms with van der Waals surface area (Å²) in [5.41, 5.74) is 9.75. The predicted molar refractivity (Wildman–Crippen MR) is 65.3 cm³/mol. The molecule has 1 saturated heterocycles. The van der Waals surface area contributed by atoms with Crippen molar-refractivity contribution in [1.29, 1.82) is 0 Å². The van der Waals surface area contributed by atoms with Crippen LogP contribution in [-0.2, 0) is 7.05 Å². The first kappa shape index (κ1) is 11.6. The van der Waals surface area contributed by atoms with Gasteiger partial charge in [0.1, 0.15) is 0 Å². The average molecular weight is 222 g/mol. The van der Waals surface area contributed by atoms with Crippen molar-refractivity contribution < 1.29 is 0 Å². The second-order valence-corrected chi connectivity index (χ2v) is 4.93. The maximum atomic E-state index is 5.96. The van der Waals surface area contributed by atoms with Gasteiger partial charge in [0.25, 0.3) is 0 Å². The van der Waals surface area contributed by atoms with E-state index in [0.29, 0.717) is 12.1 Å². The zero-order valence-electron chi connectivity index (χ0n) is 10.7. The fourth-order valence-corrected chi connectivity index (χ4v) is 2.74. The minimum atomic E-state index is 0.347. The molecule has 2 rings (SSSR count). The van der Waals surface area contributed by atoms with Gasteiger partial charge in [-0.05, 0) is 27.2 Å². The lowest BCUT2D eigenvalue weighted by Crippen LogP contribution is -2.29. The number of likely N-dealkylation sites (tertiary alicyclic amines) is 1. The molecule has 2 heterocycles. The number of aromatic nitrogens is 2. The van der Waals surface area contributed by atoms with Crippen LogP contribution in [0.3, 0.4) is 0 Å². The fourth-order valence-electron chi connectivity index (χ4n) is 2.74. The van der Waals surface area contributed by atoms with Gasteiger partial charge in [0.05, 0.1) is 5.69 Å². The van der Waals surface area contributed by atoms with Crippen molar-refractivity contribution in [2.75, 3.05) is 13.1 Å². The van der Waals surface area contributed by atoms with Crippen molar-refractivity contribution in [3.63, 3.8) is 0 Å². The molecule has 2 atom stereocenters. The molecule has 0 radical (unpaired) electrons. The van der Waals surface area contributed by atoms with Gasteiger partial charge in [-0.1, -0.05) is 0 Å². The highest BCUT2D eigenvalue weighted by Gasteiger charge is 2.27. The molecule has 16 heavy (non-hydrogen) atoms. The minimum Gasteiger partial charge on any atom is -0.326 e. The van der Waals surface area contributed by atoms with E-state index < -0.39 is 0 Å². The Labute approximate surface area is 97.4 Å². The number of nitrogens with two attached hydrogens (primary N) is 1. The highest BCUT2D eigenvalue weighted by Crippen LogP contribution is 2.28. The van der Waals surface area contributed by atoms with Crippen LogP contribution < -0.4 is 5.73 Å². The molecule has 0 aliphatic carbocycles. The molecule has 0 saturated carbocycles. The lowest BCUT2D eigenvalue weighted by molar-refractivity contribution is 0.258. The zero-order chi connectivity index (χ0) is 11.9. The molecule has 0 aromatic carbocycles. The number of hydrogen-bond donors (Lipinski definition) is 1. The Morgan fingerprint density at radius 2 is 2.12 bits per heavy atom. The van der Waals surface area contributed by atoms with Crippen LogP contribution in [0.2, 0.25) is 0 Å². The Morgan fingerprint density at radius 3 is 2.56 bits per heavy atom. The molecule has 0 spiro atoms. The van der Waals surface area contributed by atoms with E-state index in [4.69, 9.17) is 5.73 Å². The molecule has 1 aliphatic heterocycles. The quantitative estimate of drug-likeness (QED) is 0.816. The van der Waals surface area contributed by atoms with Crippen molar-refractivity contribution in [2.24, 2.45) is 12.8 Å². The normalized spacial score (nSPS) is 23.9. The van der Waals surface area contributed by atoms with Crippen LogP contribution in [0.25, 0.3) is 0 Å². The Bertz CT molecular complexity index is 383. The molecule has 4 heteroatoms. The Balaban J connectivity index is 2.23. The summed E-state index contributed by atoms with van der Waals surface area (Å²) < 4.78 is 1.97. The van der Waals surface area contributed by atoms with Gasteiger partial charge in [-0.25, -0.2) is 0 Å². The van der Waals surface area contributed by atoms with E-state index in [1.165, 1.54) is 11.3 Å². The fraction of sp³-hybridized carbons (Fsp3) is 0.750. The van der Waals surface area contributed by atoms with Crippen molar-refractivity contribution in [3.05, 3.63) is 17.0 Å². The van der Waals surface area contributed by atoms with Gasteiger partial charge in [-0.15, -0.1) is 0 Å². The van der Waals surface area contributed by atoms with Crippen LogP contribution in [0.4, 0.5) is 0 Å². The molecular formula is C12H22N4. The van der Waals surface area contributed by atoms with Gasteiger partial charge >= 0.3 is 0 Å². The molecule has 2 N–H and O–H groups in total. The summed E-state index contributed by atoms with van der Waals surface area (Å²) in [5.74, 6) is 0. The molecule has 1 fully saturated rings. The van der Waals surface area contributed by atoms with E-state index in [9.17, 15) is 0 Å². The largest absolute Gasteiger partial charge is 0.326 e. The third-order valence-corrected chi connectivity index (χ3v) is 3.79. The Hall–Kier alpha value is -0.870. The standard InChI is InChI=1S/C12H22N4/c1-8-12(9(2)15(4)14-8)10(3)16-6-5-11(13)7-16/h10-11H,5-7,13H2,1-4H3. The molecule has 1 aliphatic rings. The first-order valence-electron chi connectivity index (χ1n) is 6.00. The highest BCUT2D eigenvalue weighted by atomic mass is 15.3. The lowest BCUT2D eigenvalue weighted by Gasteiger charge is -2.24. The average Bonchev–Trinajstić information content (AvgIpc) is 2.73. The topological polar surface area (TPSA) is 47.1 Å². The molecule has 90 valence electrons. The third-order valence-electron chi connectivity index (χ3n) is 3.79. The summed E-state index contributed by atoms with van der Waals surface area (Å²) in [7, 11) is 2.01. The Kier molecular flexibility index (Phi) is 3.04. The number of nitrogens with zero attached hydrogens (tertiary/aromatic N) is 3. The second kappa shape index (κ2) is 4.18. The monoisotopic (exact) mass is 222 g/mol. The van der Waals surface area contributed by atoms with Crippen LogP contribution in [0, 0.1) is 13.8 Å². The zero-order valence-corrected chi connectivity index (χ0v) is 10.7. The maximum Gasteiger partial charge on any atom is 0.0644 e. The van der Waals surface area contributed by atoms with Gasteiger partial charge in [-0.2, -0.15) is 5.10 Å². The smallest absolute Gasteiger partial charge is 0.0644 e. The van der Waals surface area contributed by atoms with Crippen molar-refractivity contribution in [2.45, 2.75) is 39.3 Å². The summed E-state index contributed by atoms with van der Waals surface area (Å²) in [6, 6.07) is 0.780. The predicted octanol–water partition coefficient (Wildman–Crippen LogP) is 1.13. The summed E-state index contributed by atoms with van der Waals surface area (Å²) in [6.07, 6.45) is 1.11. The van der Waals surface area contributed by atoms with Crippen LogP contribution >= 0.6 is 0 Å². The van der Waals surface area contributed by atoms with E-state index in [1.807, 2.05) is 11.7 Å². The van der Waals surface area contributed by atoms with Crippen molar-refractivity contribution in [1.82, 2.24) is 14.7 Å². The number of aryl methyl sites for hydroxylation is 2. The first-order valence-corrected chi connectivity index (χ1v) is 6.00. The summed E-state index contributed by atoms with van der Waals surface area (Å²) >= 11 is 0. The summed E-state index contributed by atoms with van der Waals surface area (Å²) in [6.45, 7) is 8.61.